The van der Waals surface area contributed by atoms with Gasteiger partial charge in [0.05, 0.1) is 11.9 Å². The summed E-state index contributed by atoms with van der Waals surface area (Å²) in [6.07, 6.45) is 0. The second-order valence-corrected chi connectivity index (χ2v) is 6.33. The number of benzene rings is 1. The number of rotatable bonds is 2. The van der Waals surface area contributed by atoms with Crippen LogP contribution in [0.5, 0.6) is 17.4 Å². The number of nitrogens with zero attached hydrogens (tertiary/aromatic N) is 1. The van der Waals surface area contributed by atoms with Gasteiger partial charge in [0, 0.05) is 13.8 Å². The highest BCUT2D eigenvalue weighted by Gasteiger charge is 2.31. The molecular formula is C13H13NO3S2. The summed E-state index contributed by atoms with van der Waals surface area (Å²) in [6.45, 7) is 4.26. The fourth-order valence-corrected chi connectivity index (χ4v) is 2.94. The first kappa shape index (κ1) is 12.5. The molecule has 2 heterocycles. The highest BCUT2D eigenvalue weighted by molar-refractivity contribution is 7.73. The van der Waals surface area contributed by atoms with Crippen LogP contribution in [0.2, 0.25) is 0 Å². The van der Waals surface area contributed by atoms with Gasteiger partial charge in [0.15, 0.2) is 15.5 Å². The number of aromatic hydroxyl groups is 1. The summed E-state index contributed by atoms with van der Waals surface area (Å²) in [5, 5.41) is 11.4. The van der Waals surface area contributed by atoms with Gasteiger partial charge in [0.25, 0.3) is 0 Å². The van der Waals surface area contributed by atoms with Crippen molar-refractivity contribution in [2.45, 2.75) is 26.2 Å². The summed E-state index contributed by atoms with van der Waals surface area (Å²) in [5.74, 6) is 1.03. The van der Waals surface area contributed by atoms with Crippen LogP contribution in [-0.4, -0.2) is 15.5 Å². The Morgan fingerprint density at radius 2 is 2.05 bits per heavy atom. The summed E-state index contributed by atoms with van der Waals surface area (Å²) < 4.78 is 13.7. The first-order valence-corrected chi connectivity index (χ1v) is 7.12. The SMILES string of the molecule is CC1(C)Oc2ccc(Cn3c(O)csc3=S)cc2O1. The molecule has 1 aliphatic rings. The highest BCUT2D eigenvalue weighted by Crippen LogP contribution is 2.39. The summed E-state index contributed by atoms with van der Waals surface area (Å²) in [4.78, 5) is 0. The lowest BCUT2D eigenvalue weighted by atomic mass is 10.2. The molecule has 0 fully saturated rings. The maximum atomic E-state index is 9.72. The van der Waals surface area contributed by atoms with Gasteiger partial charge in [-0.2, -0.15) is 0 Å². The number of thiazole rings is 1. The van der Waals surface area contributed by atoms with Gasteiger partial charge < -0.3 is 14.6 Å². The van der Waals surface area contributed by atoms with Gasteiger partial charge in [-0.1, -0.05) is 6.07 Å². The standard InChI is InChI=1S/C13H13NO3S2/c1-13(2)16-9-4-3-8(5-10(9)17-13)6-14-11(15)7-19-12(14)18/h3-5,7,15H,6H2,1-2H3. The number of hydrogen-bond donors (Lipinski definition) is 1. The van der Waals surface area contributed by atoms with E-state index < -0.39 is 5.79 Å². The molecule has 0 atom stereocenters. The van der Waals surface area contributed by atoms with Crippen LogP contribution in [0.4, 0.5) is 0 Å². The molecule has 100 valence electrons. The van der Waals surface area contributed by atoms with E-state index in [2.05, 4.69) is 0 Å². The minimum Gasteiger partial charge on any atom is -0.494 e. The normalized spacial score (nSPS) is 15.7. The van der Waals surface area contributed by atoms with Crippen molar-refractivity contribution in [3.63, 3.8) is 0 Å². The molecule has 0 unspecified atom stereocenters. The van der Waals surface area contributed by atoms with Crippen molar-refractivity contribution in [1.82, 2.24) is 4.57 Å². The number of ether oxygens (including phenoxy) is 2. The molecule has 19 heavy (non-hydrogen) atoms. The van der Waals surface area contributed by atoms with E-state index in [-0.39, 0.29) is 5.88 Å². The van der Waals surface area contributed by atoms with Crippen LogP contribution in [0.15, 0.2) is 23.6 Å². The monoisotopic (exact) mass is 295 g/mol. The van der Waals surface area contributed by atoms with Gasteiger partial charge in [-0.15, -0.1) is 11.3 Å². The molecular weight excluding hydrogens is 282 g/mol. The topological polar surface area (TPSA) is 43.6 Å². The molecule has 0 aliphatic carbocycles. The minimum atomic E-state index is -0.623. The predicted molar refractivity (Wildman–Crippen MR) is 75.7 cm³/mol. The fourth-order valence-electron chi connectivity index (χ4n) is 2.02. The third-order valence-electron chi connectivity index (χ3n) is 2.82. The fraction of sp³-hybridized carbons (Fsp3) is 0.308. The number of hydrogen-bond acceptors (Lipinski definition) is 5. The highest BCUT2D eigenvalue weighted by atomic mass is 32.1. The Hall–Kier alpha value is -1.53. The molecule has 0 bridgehead atoms. The van der Waals surface area contributed by atoms with E-state index in [0.29, 0.717) is 10.5 Å². The van der Waals surface area contributed by atoms with Crippen LogP contribution in [0.1, 0.15) is 19.4 Å². The molecule has 1 aliphatic heterocycles. The van der Waals surface area contributed by atoms with Crippen molar-refractivity contribution in [3.05, 3.63) is 33.1 Å². The third-order valence-corrected chi connectivity index (χ3v) is 4.08. The molecule has 1 aromatic carbocycles. The lowest BCUT2D eigenvalue weighted by Gasteiger charge is -2.16. The second kappa shape index (κ2) is 4.25. The quantitative estimate of drug-likeness (QED) is 0.861. The molecule has 4 nitrogen and oxygen atoms in total. The van der Waals surface area contributed by atoms with Crippen molar-refractivity contribution in [1.29, 1.82) is 0 Å². The van der Waals surface area contributed by atoms with Crippen LogP contribution >= 0.6 is 23.6 Å². The molecule has 0 spiro atoms. The Bertz CT molecular complexity index is 687. The Morgan fingerprint density at radius 1 is 1.32 bits per heavy atom. The zero-order valence-electron chi connectivity index (χ0n) is 10.5. The average molecular weight is 295 g/mol. The molecule has 0 amide bonds. The lowest BCUT2D eigenvalue weighted by Crippen LogP contribution is -2.29. The van der Waals surface area contributed by atoms with Crippen LogP contribution in [0.3, 0.4) is 0 Å². The Balaban J connectivity index is 1.91. The van der Waals surface area contributed by atoms with Crippen molar-refractivity contribution in [2.75, 3.05) is 0 Å². The largest absolute Gasteiger partial charge is 0.494 e. The van der Waals surface area contributed by atoms with E-state index in [1.807, 2.05) is 32.0 Å². The zero-order chi connectivity index (χ0) is 13.6. The van der Waals surface area contributed by atoms with Crippen molar-refractivity contribution < 1.29 is 14.6 Å². The molecule has 2 aromatic rings. The van der Waals surface area contributed by atoms with Crippen LogP contribution in [0, 0.1) is 3.95 Å². The van der Waals surface area contributed by atoms with Crippen molar-refractivity contribution in [3.8, 4) is 17.4 Å². The van der Waals surface area contributed by atoms with E-state index >= 15 is 0 Å². The molecule has 0 saturated heterocycles. The molecule has 0 radical (unpaired) electrons. The van der Waals surface area contributed by atoms with Crippen molar-refractivity contribution in [2.24, 2.45) is 0 Å². The van der Waals surface area contributed by atoms with Crippen molar-refractivity contribution >= 4 is 23.6 Å². The van der Waals surface area contributed by atoms with Gasteiger partial charge in [0.1, 0.15) is 0 Å². The smallest absolute Gasteiger partial charge is 0.246 e. The summed E-state index contributed by atoms with van der Waals surface area (Å²) in [5.41, 5.74) is 1.00. The number of aromatic nitrogens is 1. The van der Waals surface area contributed by atoms with Gasteiger partial charge in [-0.3, -0.25) is 4.57 Å². The first-order valence-electron chi connectivity index (χ1n) is 5.83. The Kier molecular flexibility index (Phi) is 2.79. The van der Waals surface area contributed by atoms with E-state index in [4.69, 9.17) is 21.7 Å². The average Bonchev–Trinajstić information content (AvgIpc) is 2.80. The third kappa shape index (κ3) is 2.33. The molecule has 1 N–H and O–H groups in total. The van der Waals surface area contributed by atoms with Crippen LogP contribution in [-0.2, 0) is 6.54 Å². The van der Waals surface area contributed by atoms with Gasteiger partial charge in [-0.25, -0.2) is 0 Å². The van der Waals surface area contributed by atoms with Gasteiger partial charge in [-0.05, 0) is 29.9 Å². The first-order chi connectivity index (χ1) is 8.94. The maximum absolute atomic E-state index is 9.72. The summed E-state index contributed by atoms with van der Waals surface area (Å²) in [7, 11) is 0. The summed E-state index contributed by atoms with van der Waals surface area (Å²) >= 11 is 6.52. The predicted octanol–water partition coefficient (Wildman–Crippen LogP) is 3.54. The number of fused-ring (bicyclic) bond motifs is 1. The van der Waals surface area contributed by atoms with Gasteiger partial charge in [0.2, 0.25) is 11.7 Å². The lowest BCUT2D eigenvalue weighted by molar-refractivity contribution is -0.0431. The minimum absolute atomic E-state index is 0.188. The zero-order valence-corrected chi connectivity index (χ0v) is 12.2. The molecule has 6 heteroatoms. The van der Waals surface area contributed by atoms with Crippen LogP contribution < -0.4 is 9.47 Å². The van der Waals surface area contributed by atoms with E-state index in [0.717, 1.165) is 17.1 Å². The van der Waals surface area contributed by atoms with E-state index in [9.17, 15) is 5.11 Å². The van der Waals surface area contributed by atoms with E-state index in [1.54, 1.807) is 9.95 Å². The molecule has 3 rings (SSSR count). The summed E-state index contributed by atoms with van der Waals surface area (Å²) in [6, 6.07) is 5.75. The van der Waals surface area contributed by atoms with E-state index in [1.165, 1.54) is 11.3 Å². The molecule has 1 aromatic heterocycles. The maximum Gasteiger partial charge on any atom is 0.246 e. The van der Waals surface area contributed by atoms with Gasteiger partial charge >= 0.3 is 0 Å². The van der Waals surface area contributed by atoms with Crippen LogP contribution in [0.25, 0.3) is 0 Å². The second-order valence-electron chi connectivity index (χ2n) is 4.83. The molecule has 0 saturated carbocycles. The Labute approximate surface area is 119 Å². The Morgan fingerprint density at radius 3 is 2.74 bits per heavy atom.